The topological polar surface area (TPSA) is 32.3 Å². The lowest BCUT2D eigenvalue weighted by Gasteiger charge is -2.07. The van der Waals surface area contributed by atoms with Crippen molar-refractivity contribution in [3.8, 4) is 5.75 Å². The van der Waals surface area contributed by atoms with Crippen LogP contribution in [0.4, 0.5) is 0 Å². The second-order valence-electron chi connectivity index (χ2n) is 4.36. The highest BCUT2D eigenvalue weighted by molar-refractivity contribution is 7.98. The van der Waals surface area contributed by atoms with Crippen molar-refractivity contribution in [2.45, 2.75) is 32.2 Å². The van der Waals surface area contributed by atoms with E-state index in [2.05, 4.69) is 11.6 Å². The van der Waals surface area contributed by atoms with Gasteiger partial charge in [-0.1, -0.05) is 24.4 Å². The maximum atomic E-state index is 9.63. The minimum atomic E-state index is 0.312. The lowest BCUT2D eigenvalue weighted by atomic mass is 10.2. The van der Waals surface area contributed by atoms with E-state index in [4.69, 9.17) is 11.6 Å². The maximum Gasteiger partial charge on any atom is 0.120 e. The number of nitrogens with one attached hydrogen (secondary N) is 1. The van der Waals surface area contributed by atoms with E-state index in [0.29, 0.717) is 17.3 Å². The first-order valence-electron chi connectivity index (χ1n) is 6.41. The van der Waals surface area contributed by atoms with Crippen molar-refractivity contribution in [1.29, 1.82) is 0 Å². The number of aromatic hydroxyl groups is 1. The molecule has 0 aliphatic rings. The number of thioether (sulfide) groups is 1. The molecule has 1 aromatic carbocycles. The van der Waals surface area contributed by atoms with Gasteiger partial charge in [0.1, 0.15) is 5.75 Å². The number of unbranched alkanes of at least 4 members (excludes halogenated alkanes) is 3. The molecular formula is C14H22ClNOS. The van der Waals surface area contributed by atoms with Crippen LogP contribution in [0.5, 0.6) is 5.75 Å². The van der Waals surface area contributed by atoms with Crippen LogP contribution in [-0.2, 0) is 6.54 Å². The lowest BCUT2D eigenvalue weighted by Crippen LogP contribution is -2.14. The van der Waals surface area contributed by atoms with Crippen LogP contribution in [0.2, 0.25) is 5.02 Å². The molecule has 0 saturated carbocycles. The van der Waals surface area contributed by atoms with Gasteiger partial charge in [-0.3, -0.25) is 0 Å². The van der Waals surface area contributed by atoms with Crippen LogP contribution in [0, 0.1) is 0 Å². The molecule has 18 heavy (non-hydrogen) atoms. The lowest BCUT2D eigenvalue weighted by molar-refractivity contribution is 0.463. The van der Waals surface area contributed by atoms with Gasteiger partial charge in [0.15, 0.2) is 0 Å². The molecule has 2 N–H and O–H groups in total. The summed E-state index contributed by atoms with van der Waals surface area (Å²) in [6.07, 6.45) is 7.24. The molecule has 2 nitrogen and oxygen atoms in total. The number of benzene rings is 1. The fourth-order valence-corrected chi connectivity index (χ4v) is 2.46. The van der Waals surface area contributed by atoms with Gasteiger partial charge in [-0.25, -0.2) is 0 Å². The van der Waals surface area contributed by atoms with E-state index in [1.807, 2.05) is 17.8 Å². The molecule has 102 valence electrons. The molecule has 0 saturated heterocycles. The van der Waals surface area contributed by atoms with Crippen molar-refractivity contribution in [2.24, 2.45) is 0 Å². The van der Waals surface area contributed by atoms with Crippen LogP contribution < -0.4 is 5.32 Å². The molecule has 0 amide bonds. The first-order valence-corrected chi connectivity index (χ1v) is 8.18. The Balaban J connectivity index is 2.09. The Labute approximate surface area is 119 Å². The summed E-state index contributed by atoms with van der Waals surface area (Å²) in [5, 5.41) is 13.6. The Morgan fingerprint density at radius 3 is 2.78 bits per heavy atom. The Morgan fingerprint density at radius 2 is 2.00 bits per heavy atom. The number of phenolic OH excluding ortho intramolecular Hbond substituents is 1. The zero-order chi connectivity index (χ0) is 13.2. The minimum Gasteiger partial charge on any atom is -0.508 e. The third-order valence-corrected chi connectivity index (χ3v) is 3.74. The summed E-state index contributed by atoms with van der Waals surface area (Å²) in [5.74, 6) is 1.58. The molecule has 0 atom stereocenters. The summed E-state index contributed by atoms with van der Waals surface area (Å²) in [6, 6.07) is 5.15. The molecule has 0 bridgehead atoms. The molecule has 0 spiro atoms. The highest BCUT2D eigenvalue weighted by Gasteiger charge is 2.01. The van der Waals surface area contributed by atoms with E-state index in [1.54, 1.807) is 12.1 Å². The molecule has 4 heteroatoms. The van der Waals surface area contributed by atoms with Crippen molar-refractivity contribution in [2.75, 3.05) is 18.6 Å². The van der Waals surface area contributed by atoms with Gasteiger partial charge in [0.2, 0.25) is 0 Å². The van der Waals surface area contributed by atoms with Crippen molar-refractivity contribution in [1.82, 2.24) is 5.32 Å². The quantitative estimate of drug-likeness (QED) is 0.672. The summed E-state index contributed by atoms with van der Waals surface area (Å²) in [6.45, 7) is 1.67. The molecule has 0 unspecified atom stereocenters. The Morgan fingerprint density at radius 1 is 1.22 bits per heavy atom. The largest absolute Gasteiger partial charge is 0.508 e. The van der Waals surface area contributed by atoms with Crippen LogP contribution in [0.15, 0.2) is 18.2 Å². The van der Waals surface area contributed by atoms with Crippen LogP contribution in [0.1, 0.15) is 31.2 Å². The highest BCUT2D eigenvalue weighted by Crippen LogP contribution is 2.21. The number of phenols is 1. The van der Waals surface area contributed by atoms with E-state index >= 15 is 0 Å². The molecule has 0 heterocycles. The van der Waals surface area contributed by atoms with Gasteiger partial charge in [0.05, 0.1) is 0 Å². The average molecular weight is 288 g/mol. The monoisotopic (exact) mass is 287 g/mol. The Hall–Kier alpha value is -0.380. The van der Waals surface area contributed by atoms with Crippen molar-refractivity contribution >= 4 is 23.4 Å². The first-order chi connectivity index (χ1) is 8.74. The SMILES string of the molecule is CSCCCCCCNCc1cc(Cl)ccc1O. The predicted molar refractivity (Wildman–Crippen MR) is 81.7 cm³/mol. The van der Waals surface area contributed by atoms with E-state index < -0.39 is 0 Å². The van der Waals surface area contributed by atoms with E-state index in [-0.39, 0.29) is 0 Å². The molecule has 1 aromatic rings. The fraction of sp³-hybridized carbons (Fsp3) is 0.571. The maximum absolute atomic E-state index is 9.63. The minimum absolute atomic E-state index is 0.312. The summed E-state index contributed by atoms with van der Waals surface area (Å²) < 4.78 is 0. The fourth-order valence-electron chi connectivity index (χ4n) is 1.77. The van der Waals surface area contributed by atoms with Gasteiger partial charge in [0.25, 0.3) is 0 Å². The molecule has 0 aliphatic carbocycles. The number of rotatable bonds is 9. The summed E-state index contributed by atoms with van der Waals surface area (Å²) in [4.78, 5) is 0. The molecule has 1 rings (SSSR count). The third kappa shape index (κ3) is 6.53. The van der Waals surface area contributed by atoms with Crippen LogP contribution in [0.25, 0.3) is 0 Å². The normalized spacial score (nSPS) is 10.8. The molecular weight excluding hydrogens is 266 g/mol. The summed E-state index contributed by atoms with van der Waals surface area (Å²) in [5.41, 5.74) is 0.866. The second-order valence-corrected chi connectivity index (χ2v) is 5.78. The molecule has 0 aromatic heterocycles. The number of hydrogen-bond donors (Lipinski definition) is 2. The third-order valence-electron chi connectivity index (χ3n) is 2.81. The van der Waals surface area contributed by atoms with E-state index in [9.17, 15) is 5.11 Å². The molecule has 0 radical (unpaired) electrons. The second kappa shape index (κ2) is 9.54. The standard InChI is InChI=1S/C14H22ClNOS/c1-18-9-5-3-2-4-8-16-11-12-10-13(15)6-7-14(12)17/h6-7,10,16-17H,2-5,8-9,11H2,1H3. The Kier molecular flexibility index (Phi) is 8.31. The van der Waals surface area contributed by atoms with Crippen LogP contribution in [0.3, 0.4) is 0 Å². The van der Waals surface area contributed by atoms with Crippen molar-refractivity contribution in [3.05, 3.63) is 28.8 Å². The van der Waals surface area contributed by atoms with Gasteiger partial charge < -0.3 is 10.4 Å². The van der Waals surface area contributed by atoms with Gasteiger partial charge in [-0.2, -0.15) is 11.8 Å². The number of hydrogen-bond acceptors (Lipinski definition) is 3. The zero-order valence-electron chi connectivity index (χ0n) is 10.9. The van der Waals surface area contributed by atoms with E-state index in [0.717, 1.165) is 12.1 Å². The van der Waals surface area contributed by atoms with Gasteiger partial charge in [-0.15, -0.1) is 0 Å². The zero-order valence-corrected chi connectivity index (χ0v) is 12.5. The van der Waals surface area contributed by atoms with Crippen LogP contribution >= 0.6 is 23.4 Å². The first kappa shape index (κ1) is 15.7. The number of halogens is 1. The van der Waals surface area contributed by atoms with Crippen LogP contribution in [-0.4, -0.2) is 23.7 Å². The Bertz CT molecular complexity index is 347. The highest BCUT2D eigenvalue weighted by atomic mass is 35.5. The van der Waals surface area contributed by atoms with Crippen molar-refractivity contribution < 1.29 is 5.11 Å². The molecule has 0 fully saturated rings. The van der Waals surface area contributed by atoms with Gasteiger partial charge in [-0.05, 0) is 49.6 Å². The summed E-state index contributed by atoms with van der Waals surface area (Å²) in [7, 11) is 0. The van der Waals surface area contributed by atoms with Gasteiger partial charge >= 0.3 is 0 Å². The smallest absolute Gasteiger partial charge is 0.120 e. The predicted octanol–water partition coefficient (Wildman–Crippen LogP) is 4.06. The van der Waals surface area contributed by atoms with E-state index in [1.165, 1.54) is 31.4 Å². The summed E-state index contributed by atoms with van der Waals surface area (Å²) >= 11 is 7.80. The molecule has 0 aliphatic heterocycles. The average Bonchev–Trinajstić information content (AvgIpc) is 2.36. The van der Waals surface area contributed by atoms with Crippen molar-refractivity contribution in [3.63, 3.8) is 0 Å². The van der Waals surface area contributed by atoms with Gasteiger partial charge in [0, 0.05) is 17.1 Å².